The smallest absolute Gasteiger partial charge is 0.220 e. The summed E-state index contributed by atoms with van der Waals surface area (Å²) >= 11 is 0. The zero-order valence-electron chi connectivity index (χ0n) is 28.1. The molecule has 0 aromatic carbocycles. The van der Waals surface area contributed by atoms with Gasteiger partial charge in [-0.1, -0.05) is 108 Å². The molecular weight excluding hydrogens is 574 g/mol. The number of amides is 1. The van der Waals surface area contributed by atoms with E-state index in [1.165, 1.54) is 32.1 Å². The number of allylic oxidation sites excluding steroid dienone is 5. The molecule has 262 valence electrons. The Labute approximate surface area is 272 Å². The first kappa shape index (κ1) is 41.4. The van der Waals surface area contributed by atoms with Crippen molar-refractivity contribution in [3.05, 3.63) is 36.5 Å². The summed E-state index contributed by atoms with van der Waals surface area (Å²) in [6, 6.07) is -0.806. The zero-order chi connectivity index (χ0) is 33.1. The van der Waals surface area contributed by atoms with Crippen molar-refractivity contribution < 1.29 is 39.8 Å². The van der Waals surface area contributed by atoms with Crippen molar-refractivity contribution in [2.75, 3.05) is 13.2 Å². The summed E-state index contributed by atoms with van der Waals surface area (Å²) in [6.45, 7) is 3.62. The van der Waals surface area contributed by atoms with E-state index in [4.69, 9.17) is 9.47 Å². The van der Waals surface area contributed by atoms with Gasteiger partial charge in [0.2, 0.25) is 5.91 Å². The van der Waals surface area contributed by atoms with Crippen molar-refractivity contribution >= 4 is 5.91 Å². The highest BCUT2D eigenvalue weighted by Gasteiger charge is 2.44. The predicted octanol–water partition coefficient (Wildman–Crippen LogP) is 5.38. The van der Waals surface area contributed by atoms with E-state index < -0.39 is 49.5 Å². The Morgan fingerprint density at radius 1 is 0.756 bits per heavy atom. The van der Waals surface area contributed by atoms with E-state index in [1.54, 1.807) is 6.08 Å². The number of hydrogen-bond donors (Lipinski definition) is 6. The van der Waals surface area contributed by atoms with Crippen LogP contribution in [0.15, 0.2) is 36.5 Å². The van der Waals surface area contributed by atoms with Crippen LogP contribution in [-0.4, -0.2) is 87.5 Å². The maximum atomic E-state index is 12.8. The number of ether oxygens (including phenoxy) is 2. The van der Waals surface area contributed by atoms with E-state index in [2.05, 4.69) is 43.5 Å². The average Bonchev–Trinajstić information content (AvgIpc) is 3.04. The van der Waals surface area contributed by atoms with Crippen LogP contribution in [0.25, 0.3) is 0 Å². The van der Waals surface area contributed by atoms with Crippen LogP contribution in [0.3, 0.4) is 0 Å². The third-order valence-electron chi connectivity index (χ3n) is 8.21. The summed E-state index contributed by atoms with van der Waals surface area (Å²) in [5.41, 5.74) is 0. The van der Waals surface area contributed by atoms with Gasteiger partial charge in [-0.25, -0.2) is 0 Å². The second-order valence-electron chi connectivity index (χ2n) is 12.3. The molecule has 1 amide bonds. The van der Waals surface area contributed by atoms with Gasteiger partial charge < -0.3 is 40.3 Å². The van der Waals surface area contributed by atoms with Crippen LogP contribution in [0.5, 0.6) is 0 Å². The second-order valence-corrected chi connectivity index (χ2v) is 12.3. The lowest BCUT2D eigenvalue weighted by atomic mass is 9.99. The largest absolute Gasteiger partial charge is 0.394 e. The lowest BCUT2D eigenvalue weighted by molar-refractivity contribution is -0.302. The van der Waals surface area contributed by atoms with Crippen molar-refractivity contribution in [3.8, 4) is 0 Å². The van der Waals surface area contributed by atoms with E-state index in [-0.39, 0.29) is 12.5 Å². The molecule has 0 saturated carbocycles. The van der Waals surface area contributed by atoms with Gasteiger partial charge in [0.15, 0.2) is 6.29 Å². The van der Waals surface area contributed by atoms with Gasteiger partial charge in [0.05, 0.1) is 25.4 Å². The molecule has 1 rings (SSSR count). The quantitative estimate of drug-likeness (QED) is 0.0519. The molecule has 7 unspecified atom stereocenters. The molecule has 1 heterocycles. The van der Waals surface area contributed by atoms with E-state index in [9.17, 15) is 30.3 Å². The van der Waals surface area contributed by atoms with Crippen LogP contribution in [-0.2, 0) is 14.3 Å². The monoisotopic (exact) mass is 639 g/mol. The van der Waals surface area contributed by atoms with Crippen LogP contribution in [0.1, 0.15) is 129 Å². The summed E-state index contributed by atoms with van der Waals surface area (Å²) in [5, 5.41) is 53.5. The third kappa shape index (κ3) is 19.6. The summed E-state index contributed by atoms with van der Waals surface area (Å²) in [6.07, 6.45) is 23.6. The zero-order valence-corrected chi connectivity index (χ0v) is 28.1. The lowest BCUT2D eigenvalue weighted by Crippen LogP contribution is -2.60. The third-order valence-corrected chi connectivity index (χ3v) is 8.21. The van der Waals surface area contributed by atoms with Crippen molar-refractivity contribution in [3.63, 3.8) is 0 Å². The van der Waals surface area contributed by atoms with Crippen molar-refractivity contribution in [1.82, 2.24) is 5.32 Å². The van der Waals surface area contributed by atoms with Gasteiger partial charge >= 0.3 is 0 Å². The number of rotatable bonds is 27. The number of hydrogen-bond acceptors (Lipinski definition) is 8. The fourth-order valence-electron chi connectivity index (χ4n) is 5.24. The number of nitrogens with one attached hydrogen (secondary N) is 1. The van der Waals surface area contributed by atoms with Crippen molar-refractivity contribution in [2.45, 2.75) is 172 Å². The van der Waals surface area contributed by atoms with Gasteiger partial charge in [-0.3, -0.25) is 4.79 Å². The molecular formula is C36H65NO8. The highest BCUT2D eigenvalue weighted by atomic mass is 16.7. The molecule has 7 atom stereocenters. The standard InChI is InChI=1S/C36H65NO8/c1-3-5-7-9-11-12-13-14-15-16-17-18-19-20-22-24-26-32(40)37-29(30(39)25-23-21-10-8-6-4-2)28-44-36-35(43)34(42)33(41)31(27-38)45-36/h12-13,15-16,23,25,29-31,33-36,38-39,41-43H,3-11,14,17-22,24,26-28H2,1-2H3,(H,37,40)/b13-12-,16-15-,25-23+. The topological polar surface area (TPSA) is 149 Å². The molecule has 1 fully saturated rings. The molecule has 1 aliphatic heterocycles. The summed E-state index contributed by atoms with van der Waals surface area (Å²) in [4.78, 5) is 12.8. The van der Waals surface area contributed by atoms with Crippen molar-refractivity contribution in [2.24, 2.45) is 0 Å². The minimum Gasteiger partial charge on any atom is -0.394 e. The second kappa shape index (κ2) is 27.5. The van der Waals surface area contributed by atoms with E-state index in [0.29, 0.717) is 6.42 Å². The number of carbonyl (C=O) groups excluding carboxylic acids is 1. The molecule has 0 radical (unpaired) electrons. The van der Waals surface area contributed by atoms with Gasteiger partial charge in [-0.15, -0.1) is 0 Å². The number of aliphatic hydroxyl groups is 5. The summed E-state index contributed by atoms with van der Waals surface area (Å²) in [7, 11) is 0. The molecule has 45 heavy (non-hydrogen) atoms. The molecule has 1 saturated heterocycles. The van der Waals surface area contributed by atoms with E-state index in [0.717, 1.165) is 77.0 Å². The van der Waals surface area contributed by atoms with Gasteiger partial charge in [0.1, 0.15) is 24.4 Å². The molecule has 9 heteroatoms. The molecule has 0 aromatic rings. The van der Waals surface area contributed by atoms with E-state index >= 15 is 0 Å². The Kier molecular flexibility index (Phi) is 25.3. The molecule has 0 aliphatic carbocycles. The first-order valence-electron chi connectivity index (χ1n) is 17.7. The molecule has 9 nitrogen and oxygen atoms in total. The Morgan fingerprint density at radius 2 is 1.31 bits per heavy atom. The fourth-order valence-corrected chi connectivity index (χ4v) is 5.24. The first-order valence-corrected chi connectivity index (χ1v) is 17.7. The minimum absolute atomic E-state index is 0.196. The predicted molar refractivity (Wildman–Crippen MR) is 180 cm³/mol. The first-order chi connectivity index (χ1) is 21.8. The van der Waals surface area contributed by atoms with Crippen molar-refractivity contribution in [1.29, 1.82) is 0 Å². The maximum absolute atomic E-state index is 12.8. The van der Waals surface area contributed by atoms with Crippen LogP contribution >= 0.6 is 0 Å². The fraction of sp³-hybridized carbons (Fsp3) is 0.806. The van der Waals surface area contributed by atoms with Crippen LogP contribution in [0, 0.1) is 0 Å². The number of aliphatic hydroxyl groups excluding tert-OH is 5. The Balaban J connectivity index is 2.41. The highest BCUT2D eigenvalue weighted by molar-refractivity contribution is 5.76. The minimum atomic E-state index is -1.56. The SMILES string of the molecule is CCCCCC/C=C\C/C=C\CCCCCCCC(=O)NC(COC1OC(CO)C(O)C(O)C1O)C(O)/C=C/CCCCCC. The van der Waals surface area contributed by atoms with Gasteiger partial charge in [0.25, 0.3) is 0 Å². The average molecular weight is 640 g/mol. The van der Waals surface area contributed by atoms with Crippen LogP contribution < -0.4 is 5.32 Å². The van der Waals surface area contributed by atoms with Gasteiger partial charge in [-0.2, -0.15) is 0 Å². The van der Waals surface area contributed by atoms with Gasteiger partial charge in [0, 0.05) is 6.42 Å². The number of carbonyl (C=O) groups is 1. The Morgan fingerprint density at radius 3 is 1.91 bits per heavy atom. The molecule has 1 aliphatic rings. The highest BCUT2D eigenvalue weighted by Crippen LogP contribution is 2.22. The van der Waals surface area contributed by atoms with Crippen LogP contribution in [0.4, 0.5) is 0 Å². The number of unbranched alkanes of at least 4 members (excludes halogenated alkanes) is 13. The maximum Gasteiger partial charge on any atom is 0.220 e. The Bertz CT molecular complexity index is 802. The van der Waals surface area contributed by atoms with Gasteiger partial charge in [-0.05, 0) is 51.4 Å². The van der Waals surface area contributed by atoms with Crippen LogP contribution in [0.2, 0.25) is 0 Å². The molecule has 0 spiro atoms. The molecule has 0 bridgehead atoms. The summed E-state index contributed by atoms with van der Waals surface area (Å²) in [5.74, 6) is -0.200. The Hall–Kier alpha value is -1.59. The summed E-state index contributed by atoms with van der Waals surface area (Å²) < 4.78 is 11.1. The van der Waals surface area contributed by atoms with E-state index in [1.807, 2.05) is 6.08 Å². The molecule has 6 N–H and O–H groups in total. The molecule has 0 aromatic heterocycles. The lowest BCUT2D eigenvalue weighted by Gasteiger charge is -2.40. The normalized spacial score (nSPS) is 23.8.